The van der Waals surface area contributed by atoms with Crippen molar-refractivity contribution >= 4 is 32.9 Å². The average molecular weight is 716 g/mol. The second kappa shape index (κ2) is 16.7. The average Bonchev–Trinajstić information content (AvgIpc) is 3.46. The molecule has 11 nitrogen and oxygen atoms in total. The van der Waals surface area contributed by atoms with Gasteiger partial charge in [-0.3, -0.25) is 9.78 Å². The second-order valence-corrected chi connectivity index (χ2v) is 15.8. The molecule has 3 aromatic carbocycles. The molecular formula is C39H49N5O6S. The molecule has 0 spiro atoms. The third-order valence-electron chi connectivity index (χ3n) is 9.13. The van der Waals surface area contributed by atoms with Crippen molar-refractivity contribution in [1.29, 1.82) is 0 Å². The Morgan fingerprint density at radius 1 is 0.941 bits per heavy atom. The molecule has 1 aromatic heterocycles. The molecule has 0 radical (unpaired) electrons. The Bertz CT molecular complexity index is 1890. The maximum Gasteiger partial charge on any atom is 0.321 e. The predicted octanol–water partition coefficient (Wildman–Crippen LogP) is 4.94. The number of amides is 3. The van der Waals surface area contributed by atoms with E-state index in [1.54, 1.807) is 28.1 Å². The van der Waals surface area contributed by atoms with Crippen LogP contribution < -0.4 is 10.1 Å². The van der Waals surface area contributed by atoms with Crippen LogP contribution in [0.3, 0.4) is 0 Å². The fourth-order valence-electron chi connectivity index (χ4n) is 6.56. The number of carbonyl (C=O) groups is 2. The quantitative estimate of drug-likeness (QED) is 0.168. The summed E-state index contributed by atoms with van der Waals surface area (Å²) in [6.07, 6.45) is 0.767. The Hall–Kier alpha value is -4.52. The molecule has 12 heteroatoms. The molecule has 1 fully saturated rings. The van der Waals surface area contributed by atoms with Crippen molar-refractivity contribution in [2.24, 2.45) is 11.8 Å². The van der Waals surface area contributed by atoms with Crippen LogP contribution in [0.1, 0.15) is 38.8 Å². The lowest BCUT2D eigenvalue weighted by Crippen LogP contribution is -2.57. The third-order valence-corrected chi connectivity index (χ3v) is 11.0. The van der Waals surface area contributed by atoms with Gasteiger partial charge in [0.2, 0.25) is 15.9 Å². The Morgan fingerprint density at radius 3 is 2.29 bits per heavy atom. The van der Waals surface area contributed by atoms with Crippen LogP contribution in [0.5, 0.6) is 5.75 Å². The zero-order chi connectivity index (χ0) is 36.7. The van der Waals surface area contributed by atoms with Crippen LogP contribution in [0.15, 0.2) is 96.0 Å². The Kier molecular flexibility index (Phi) is 12.3. The monoisotopic (exact) mass is 715 g/mol. The van der Waals surface area contributed by atoms with Crippen molar-refractivity contribution in [3.8, 4) is 5.75 Å². The number of hydrogen-bond acceptors (Lipinski definition) is 7. The fourth-order valence-corrected chi connectivity index (χ4v) is 8.19. The summed E-state index contributed by atoms with van der Waals surface area (Å²) in [5.41, 5.74) is 2.64. The van der Waals surface area contributed by atoms with E-state index in [2.05, 4.69) is 10.3 Å². The number of rotatable bonds is 16. The zero-order valence-electron chi connectivity index (χ0n) is 30.0. The van der Waals surface area contributed by atoms with E-state index < -0.39 is 34.1 Å². The number of pyridine rings is 1. The summed E-state index contributed by atoms with van der Waals surface area (Å²) in [6, 6.07) is 23.5. The van der Waals surface area contributed by atoms with Gasteiger partial charge in [0.1, 0.15) is 11.8 Å². The highest BCUT2D eigenvalue weighted by atomic mass is 32.2. The van der Waals surface area contributed by atoms with Crippen LogP contribution in [0.4, 0.5) is 4.79 Å². The van der Waals surface area contributed by atoms with Crippen molar-refractivity contribution in [3.63, 3.8) is 0 Å². The van der Waals surface area contributed by atoms with Crippen LogP contribution in [0, 0.1) is 11.8 Å². The van der Waals surface area contributed by atoms with Crippen LogP contribution in [0.25, 0.3) is 10.9 Å². The summed E-state index contributed by atoms with van der Waals surface area (Å²) in [7, 11) is -2.49. The first-order valence-corrected chi connectivity index (χ1v) is 18.9. The number of benzene rings is 3. The van der Waals surface area contributed by atoms with Gasteiger partial charge in [-0.15, -0.1) is 0 Å². The van der Waals surface area contributed by atoms with Gasteiger partial charge in [-0.2, -0.15) is 4.31 Å². The smallest absolute Gasteiger partial charge is 0.321 e. The number of nitrogens with one attached hydrogen (secondary N) is 1. The van der Waals surface area contributed by atoms with Crippen molar-refractivity contribution < 1.29 is 27.9 Å². The topological polar surface area (TPSA) is 132 Å². The molecule has 0 aliphatic carbocycles. The van der Waals surface area contributed by atoms with Crippen LogP contribution in [-0.4, -0.2) is 96.0 Å². The molecule has 1 saturated heterocycles. The van der Waals surface area contributed by atoms with Crippen molar-refractivity contribution in [1.82, 2.24) is 24.4 Å². The number of urea groups is 1. The van der Waals surface area contributed by atoms with Gasteiger partial charge >= 0.3 is 6.03 Å². The maximum absolute atomic E-state index is 14.2. The number of hydrogen-bond donors (Lipinski definition) is 2. The number of para-hydroxylation sites is 1. The maximum atomic E-state index is 14.2. The van der Waals surface area contributed by atoms with E-state index in [1.807, 2.05) is 88.4 Å². The molecule has 1 aliphatic heterocycles. The molecule has 2 heterocycles. The van der Waals surface area contributed by atoms with Crippen molar-refractivity contribution in [2.75, 3.05) is 33.3 Å². The van der Waals surface area contributed by atoms with Gasteiger partial charge in [0.05, 0.1) is 29.7 Å². The highest BCUT2D eigenvalue weighted by Crippen LogP contribution is 2.24. The standard InChI is InChI=1S/C39H49N5O6S/c1-27(2)24-43(51(48,49)33-17-15-32(50-5)16-18-33)26-36(45)35(22-29-11-7-6-8-12-29)41-38(46)37(28(3)4)44-20-19-42(39(44)47)25-30-21-31-13-9-10-14-34(31)40-23-30/h6-18,21,23,27-28,35-37,45H,19-20,22,24-26H2,1-5H3,(H,41,46)/t35-,36+,37?/m0/s1. The molecule has 0 bridgehead atoms. The molecule has 1 aliphatic rings. The number of aliphatic hydroxyl groups is 1. The lowest BCUT2D eigenvalue weighted by Gasteiger charge is -2.34. The number of fused-ring (bicyclic) bond motifs is 1. The van der Waals surface area contributed by atoms with Gasteiger partial charge < -0.3 is 25.0 Å². The summed E-state index contributed by atoms with van der Waals surface area (Å²) >= 11 is 0. The van der Waals surface area contributed by atoms with E-state index in [4.69, 9.17) is 4.74 Å². The van der Waals surface area contributed by atoms with Gasteiger partial charge in [0.25, 0.3) is 0 Å². The lowest BCUT2D eigenvalue weighted by molar-refractivity contribution is -0.128. The zero-order valence-corrected chi connectivity index (χ0v) is 30.8. The first kappa shape index (κ1) is 37.7. The molecule has 0 saturated carbocycles. The Morgan fingerprint density at radius 2 is 1.63 bits per heavy atom. The minimum absolute atomic E-state index is 0.0350. The highest BCUT2D eigenvalue weighted by molar-refractivity contribution is 7.89. The number of sulfonamides is 1. The first-order valence-electron chi connectivity index (χ1n) is 17.4. The molecule has 3 amide bonds. The molecule has 1 unspecified atom stereocenters. The molecule has 2 N–H and O–H groups in total. The summed E-state index contributed by atoms with van der Waals surface area (Å²) in [5, 5.41) is 15.8. The summed E-state index contributed by atoms with van der Waals surface area (Å²) in [5.74, 6) is -0.146. The number of aromatic nitrogens is 1. The van der Waals surface area contributed by atoms with Gasteiger partial charge in [-0.05, 0) is 65.8 Å². The van der Waals surface area contributed by atoms with Gasteiger partial charge in [-0.1, -0.05) is 76.2 Å². The second-order valence-electron chi connectivity index (χ2n) is 13.9. The number of nitrogens with zero attached hydrogens (tertiary/aromatic N) is 4. The predicted molar refractivity (Wildman–Crippen MR) is 198 cm³/mol. The van der Waals surface area contributed by atoms with Crippen molar-refractivity contribution in [3.05, 3.63) is 102 Å². The van der Waals surface area contributed by atoms with Crippen molar-refractivity contribution in [2.45, 2.75) is 63.7 Å². The Labute approximate surface area is 301 Å². The normalized spacial score (nSPS) is 15.5. The van der Waals surface area contributed by atoms with Crippen LogP contribution >= 0.6 is 0 Å². The lowest BCUT2D eigenvalue weighted by atomic mass is 9.97. The van der Waals surface area contributed by atoms with Gasteiger partial charge in [0.15, 0.2) is 0 Å². The van der Waals surface area contributed by atoms with Crippen LogP contribution in [-0.2, 0) is 27.8 Å². The van der Waals surface area contributed by atoms with Gasteiger partial charge in [0, 0.05) is 44.3 Å². The highest BCUT2D eigenvalue weighted by Gasteiger charge is 2.40. The molecule has 3 atom stereocenters. The van der Waals surface area contributed by atoms with E-state index in [0.717, 1.165) is 22.0 Å². The van der Waals surface area contributed by atoms with E-state index >= 15 is 0 Å². The van der Waals surface area contributed by atoms with E-state index in [1.165, 1.54) is 23.5 Å². The minimum atomic E-state index is -4.00. The number of aliphatic hydroxyl groups excluding tert-OH is 1. The number of carbonyl (C=O) groups excluding carboxylic acids is 2. The Balaban J connectivity index is 1.35. The first-order chi connectivity index (χ1) is 24.4. The largest absolute Gasteiger partial charge is 0.497 e. The van der Waals surface area contributed by atoms with E-state index in [9.17, 15) is 23.1 Å². The molecule has 5 rings (SSSR count). The number of methoxy groups -OCH3 is 1. The minimum Gasteiger partial charge on any atom is -0.497 e. The summed E-state index contributed by atoms with van der Waals surface area (Å²) in [6.45, 7) is 8.70. The SMILES string of the molecule is COc1ccc(S(=O)(=O)N(CC(C)C)C[C@@H](O)[C@H](Cc2ccccc2)NC(=O)C(C(C)C)N2CCN(Cc3cnc4ccccc4c3)C2=O)cc1. The molecule has 51 heavy (non-hydrogen) atoms. The fraction of sp³-hybridized carbons (Fsp3) is 0.410. The van der Waals surface area contributed by atoms with Gasteiger partial charge in [-0.25, -0.2) is 13.2 Å². The molecule has 4 aromatic rings. The molecular weight excluding hydrogens is 667 g/mol. The summed E-state index contributed by atoms with van der Waals surface area (Å²) < 4.78 is 34.2. The number of ether oxygens (including phenoxy) is 1. The summed E-state index contributed by atoms with van der Waals surface area (Å²) in [4.78, 5) is 35.9. The third kappa shape index (κ3) is 9.24. The van der Waals surface area contributed by atoms with E-state index in [0.29, 0.717) is 25.4 Å². The van der Waals surface area contributed by atoms with E-state index in [-0.39, 0.29) is 42.3 Å². The van der Waals surface area contributed by atoms with Crippen LogP contribution in [0.2, 0.25) is 0 Å². The molecule has 272 valence electrons.